The van der Waals surface area contributed by atoms with Gasteiger partial charge in [-0.3, -0.25) is 4.79 Å². The van der Waals surface area contributed by atoms with Crippen molar-refractivity contribution >= 4 is 5.91 Å². The normalized spacial score (nSPS) is 28.4. The highest BCUT2D eigenvalue weighted by molar-refractivity contribution is 5.83. The standard InChI is InChI=1S/C15H24N2O2/c1-5-7-12(6-2)13-10-14(16-4)15(19)17(8-9-18)11(13)3/h5-7,11,13-14,16,18H,1-2,8-10H2,3-4H3/b12-7+. The van der Waals surface area contributed by atoms with Crippen LogP contribution >= 0.6 is 0 Å². The molecule has 1 amide bonds. The number of piperidine rings is 1. The third-order valence-corrected chi connectivity index (χ3v) is 3.81. The summed E-state index contributed by atoms with van der Waals surface area (Å²) in [5, 5.41) is 12.2. The summed E-state index contributed by atoms with van der Waals surface area (Å²) in [6.45, 7) is 9.92. The Hall–Kier alpha value is -1.39. The number of β-amino-alcohol motifs (C(OH)–C–C–N with tert-alkyl or cyclic N) is 1. The molecule has 0 aromatic rings. The van der Waals surface area contributed by atoms with E-state index in [4.69, 9.17) is 5.11 Å². The van der Waals surface area contributed by atoms with Crippen molar-refractivity contribution in [2.24, 2.45) is 5.92 Å². The highest BCUT2D eigenvalue weighted by atomic mass is 16.3. The van der Waals surface area contributed by atoms with E-state index in [0.717, 1.165) is 12.0 Å². The molecule has 0 spiro atoms. The zero-order valence-electron chi connectivity index (χ0n) is 11.8. The Labute approximate surface area is 115 Å². The summed E-state index contributed by atoms with van der Waals surface area (Å²) >= 11 is 0. The van der Waals surface area contributed by atoms with Gasteiger partial charge in [-0.1, -0.05) is 31.4 Å². The second-order valence-corrected chi connectivity index (χ2v) is 4.79. The molecule has 0 aliphatic carbocycles. The summed E-state index contributed by atoms with van der Waals surface area (Å²) in [7, 11) is 1.79. The van der Waals surface area contributed by atoms with E-state index >= 15 is 0 Å². The molecule has 4 heteroatoms. The van der Waals surface area contributed by atoms with Crippen LogP contribution in [0.3, 0.4) is 0 Å². The minimum absolute atomic E-state index is 0.0200. The van der Waals surface area contributed by atoms with E-state index in [0.29, 0.717) is 6.54 Å². The molecule has 1 aliphatic heterocycles. The minimum atomic E-state index is -0.207. The number of carbonyl (C=O) groups is 1. The molecule has 0 aromatic heterocycles. The van der Waals surface area contributed by atoms with E-state index in [1.807, 2.05) is 19.1 Å². The van der Waals surface area contributed by atoms with Gasteiger partial charge in [0.25, 0.3) is 0 Å². The lowest BCUT2D eigenvalue weighted by Gasteiger charge is -2.43. The minimum Gasteiger partial charge on any atom is -0.395 e. The summed E-state index contributed by atoms with van der Waals surface area (Å²) in [5.74, 6) is 0.263. The number of likely N-dealkylation sites (tertiary alicyclic amines) is 1. The van der Waals surface area contributed by atoms with E-state index in [9.17, 15) is 4.79 Å². The molecule has 0 saturated carbocycles. The summed E-state index contributed by atoms with van der Waals surface area (Å²) in [4.78, 5) is 14.0. The lowest BCUT2D eigenvalue weighted by Crippen LogP contribution is -2.58. The number of hydrogen-bond acceptors (Lipinski definition) is 3. The van der Waals surface area contributed by atoms with Gasteiger partial charge in [-0.25, -0.2) is 0 Å². The van der Waals surface area contributed by atoms with Gasteiger partial charge in [0, 0.05) is 18.5 Å². The summed E-state index contributed by atoms with van der Waals surface area (Å²) in [6.07, 6.45) is 6.24. The first-order valence-electron chi connectivity index (χ1n) is 6.64. The topological polar surface area (TPSA) is 52.6 Å². The second kappa shape index (κ2) is 7.26. The Morgan fingerprint density at radius 2 is 2.26 bits per heavy atom. The number of amides is 1. The highest BCUT2D eigenvalue weighted by Gasteiger charge is 2.39. The maximum absolute atomic E-state index is 12.3. The van der Waals surface area contributed by atoms with Crippen molar-refractivity contribution in [2.45, 2.75) is 25.4 Å². The van der Waals surface area contributed by atoms with Gasteiger partial charge >= 0.3 is 0 Å². The van der Waals surface area contributed by atoms with Crippen LogP contribution in [0, 0.1) is 5.92 Å². The summed E-state index contributed by atoms with van der Waals surface area (Å²) < 4.78 is 0. The summed E-state index contributed by atoms with van der Waals surface area (Å²) in [5.41, 5.74) is 1.08. The average Bonchev–Trinajstić information content (AvgIpc) is 2.42. The van der Waals surface area contributed by atoms with Crippen molar-refractivity contribution in [1.29, 1.82) is 0 Å². The smallest absolute Gasteiger partial charge is 0.240 e. The van der Waals surface area contributed by atoms with Crippen LogP contribution in [0.15, 0.2) is 37.0 Å². The predicted octanol–water partition coefficient (Wildman–Crippen LogP) is 1.10. The number of rotatable bonds is 6. The van der Waals surface area contributed by atoms with E-state index in [-0.39, 0.29) is 30.5 Å². The molecule has 3 atom stereocenters. The van der Waals surface area contributed by atoms with Crippen molar-refractivity contribution in [3.8, 4) is 0 Å². The van der Waals surface area contributed by atoms with Crippen LogP contribution in [0.5, 0.6) is 0 Å². The molecule has 3 unspecified atom stereocenters. The number of nitrogens with one attached hydrogen (secondary N) is 1. The Bertz CT molecular complexity index is 376. The average molecular weight is 264 g/mol. The number of aliphatic hydroxyl groups excluding tert-OH is 1. The van der Waals surface area contributed by atoms with Crippen LogP contribution in [-0.4, -0.2) is 48.2 Å². The lowest BCUT2D eigenvalue weighted by atomic mass is 9.81. The third-order valence-electron chi connectivity index (χ3n) is 3.81. The largest absolute Gasteiger partial charge is 0.395 e. The van der Waals surface area contributed by atoms with E-state index in [1.54, 1.807) is 18.0 Å². The first-order chi connectivity index (χ1) is 9.10. The quantitative estimate of drug-likeness (QED) is 0.706. The third kappa shape index (κ3) is 3.33. The van der Waals surface area contributed by atoms with Gasteiger partial charge in [0.1, 0.15) is 0 Å². The van der Waals surface area contributed by atoms with Crippen LogP contribution < -0.4 is 5.32 Å². The van der Waals surface area contributed by atoms with E-state index in [2.05, 4.69) is 18.5 Å². The molecule has 1 heterocycles. The van der Waals surface area contributed by atoms with Gasteiger partial charge in [-0.05, 0) is 26.0 Å². The predicted molar refractivity (Wildman–Crippen MR) is 77.7 cm³/mol. The van der Waals surface area contributed by atoms with Crippen molar-refractivity contribution in [3.05, 3.63) is 37.0 Å². The fraction of sp³-hybridized carbons (Fsp3) is 0.533. The van der Waals surface area contributed by atoms with Gasteiger partial charge < -0.3 is 15.3 Å². The number of nitrogens with zero attached hydrogens (tertiary/aromatic N) is 1. The van der Waals surface area contributed by atoms with Gasteiger partial charge in [0.15, 0.2) is 0 Å². The van der Waals surface area contributed by atoms with Crippen molar-refractivity contribution in [1.82, 2.24) is 10.2 Å². The molecule has 0 bridgehead atoms. The molecule has 1 aliphatic rings. The fourth-order valence-electron chi connectivity index (χ4n) is 2.73. The molecule has 1 saturated heterocycles. The molecule has 0 radical (unpaired) electrons. The molecule has 19 heavy (non-hydrogen) atoms. The second-order valence-electron chi connectivity index (χ2n) is 4.79. The summed E-state index contributed by atoms with van der Waals surface area (Å²) in [6, 6.07) is -0.158. The number of likely N-dealkylation sites (N-methyl/N-ethyl adjacent to an activating group) is 1. The fourth-order valence-corrected chi connectivity index (χ4v) is 2.73. The monoisotopic (exact) mass is 264 g/mol. The Morgan fingerprint density at radius 3 is 2.74 bits per heavy atom. The van der Waals surface area contributed by atoms with Crippen LogP contribution in [0.1, 0.15) is 13.3 Å². The lowest BCUT2D eigenvalue weighted by molar-refractivity contribution is -0.140. The number of allylic oxidation sites excluding steroid dienone is 3. The Morgan fingerprint density at radius 1 is 1.58 bits per heavy atom. The molecule has 4 nitrogen and oxygen atoms in total. The maximum Gasteiger partial charge on any atom is 0.240 e. The van der Waals surface area contributed by atoms with Crippen LogP contribution in [0.2, 0.25) is 0 Å². The Kier molecular flexibility index (Phi) is 5.99. The van der Waals surface area contributed by atoms with Crippen molar-refractivity contribution in [2.75, 3.05) is 20.2 Å². The van der Waals surface area contributed by atoms with Crippen LogP contribution in [-0.2, 0) is 4.79 Å². The van der Waals surface area contributed by atoms with E-state index in [1.165, 1.54) is 0 Å². The van der Waals surface area contributed by atoms with Crippen molar-refractivity contribution in [3.63, 3.8) is 0 Å². The molecule has 106 valence electrons. The van der Waals surface area contributed by atoms with E-state index < -0.39 is 0 Å². The van der Waals surface area contributed by atoms with Gasteiger partial charge in [-0.15, -0.1) is 0 Å². The number of hydrogen-bond donors (Lipinski definition) is 2. The molecular formula is C15H24N2O2. The van der Waals surface area contributed by atoms with Gasteiger partial charge in [-0.2, -0.15) is 0 Å². The maximum atomic E-state index is 12.3. The molecule has 0 aromatic carbocycles. The molecular weight excluding hydrogens is 240 g/mol. The highest BCUT2D eigenvalue weighted by Crippen LogP contribution is 2.30. The zero-order chi connectivity index (χ0) is 14.4. The van der Waals surface area contributed by atoms with Gasteiger partial charge in [0.05, 0.1) is 12.6 Å². The van der Waals surface area contributed by atoms with Crippen molar-refractivity contribution < 1.29 is 9.90 Å². The first kappa shape index (κ1) is 15.7. The first-order valence-corrected chi connectivity index (χ1v) is 6.64. The molecule has 1 rings (SSSR count). The molecule has 1 fully saturated rings. The van der Waals surface area contributed by atoms with Gasteiger partial charge in [0.2, 0.25) is 5.91 Å². The van der Waals surface area contributed by atoms with Crippen LogP contribution in [0.4, 0.5) is 0 Å². The van der Waals surface area contributed by atoms with Crippen LogP contribution in [0.25, 0.3) is 0 Å². The Balaban J connectivity index is 3.04. The number of carbonyl (C=O) groups excluding carboxylic acids is 1. The SMILES string of the molecule is C=C/C=C(\C=C)C1CC(NC)C(=O)N(CCO)C1C. The zero-order valence-corrected chi connectivity index (χ0v) is 11.8. The number of aliphatic hydroxyl groups is 1. The molecule has 2 N–H and O–H groups in total.